The van der Waals surface area contributed by atoms with Gasteiger partial charge in [-0.2, -0.15) is 0 Å². The molecule has 1 aliphatic heterocycles. The van der Waals surface area contributed by atoms with Crippen molar-refractivity contribution in [1.29, 1.82) is 0 Å². The minimum atomic E-state index is -0.367. The van der Waals surface area contributed by atoms with Gasteiger partial charge in [0.2, 0.25) is 5.91 Å². The molecule has 0 bridgehead atoms. The molecule has 0 saturated carbocycles. The number of halogens is 1. The van der Waals surface area contributed by atoms with Crippen molar-refractivity contribution in [3.05, 3.63) is 75.9 Å². The van der Waals surface area contributed by atoms with E-state index < -0.39 is 0 Å². The number of hydrogen-bond donors (Lipinski definition) is 2. The number of para-hydroxylation sites is 1. The molecule has 0 fully saturated rings. The Balaban J connectivity index is 1.72. The summed E-state index contributed by atoms with van der Waals surface area (Å²) in [5, 5.41) is 6.36. The third-order valence-electron chi connectivity index (χ3n) is 5.01. The van der Waals surface area contributed by atoms with E-state index in [1.54, 1.807) is 7.11 Å². The third-order valence-corrected chi connectivity index (χ3v) is 6.23. The van der Waals surface area contributed by atoms with Crippen LogP contribution in [-0.4, -0.2) is 18.9 Å². The van der Waals surface area contributed by atoms with Crippen molar-refractivity contribution in [3.8, 4) is 5.75 Å². The van der Waals surface area contributed by atoms with E-state index in [9.17, 15) is 14.0 Å². The molecule has 1 aromatic heterocycles. The second-order valence-electron chi connectivity index (χ2n) is 6.81. The topological polar surface area (TPSA) is 67.4 Å². The van der Waals surface area contributed by atoms with Crippen LogP contribution in [0.2, 0.25) is 0 Å². The molecular weight excluding hydrogens is 391 g/mol. The van der Waals surface area contributed by atoms with Gasteiger partial charge in [-0.05, 0) is 48.4 Å². The minimum Gasteiger partial charge on any atom is -0.496 e. The van der Waals surface area contributed by atoms with Gasteiger partial charge in [0.1, 0.15) is 11.6 Å². The number of rotatable bonds is 4. The van der Waals surface area contributed by atoms with Crippen LogP contribution in [0.3, 0.4) is 0 Å². The maximum absolute atomic E-state index is 13.1. The van der Waals surface area contributed by atoms with Gasteiger partial charge >= 0.3 is 0 Å². The lowest BCUT2D eigenvalue weighted by atomic mass is 9.84. The van der Waals surface area contributed by atoms with Gasteiger partial charge in [-0.25, -0.2) is 4.39 Å². The summed E-state index contributed by atoms with van der Waals surface area (Å²) in [4.78, 5) is 25.7. The van der Waals surface area contributed by atoms with E-state index in [1.165, 1.54) is 35.6 Å². The Labute approximate surface area is 171 Å². The molecule has 29 heavy (non-hydrogen) atoms. The molecule has 2 N–H and O–H groups in total. The van der Waals surface area contributed by atoms with Crippen molar-refractivity contribution in [2.45, 2.75) is 19.3 Å². The van der Waals surface area contributed by atoms with Crippen molar-refractivity contribution in [1.82, 2.24) is 0 Å². The molecule has 0 aliphatic carbocycles. The van der Waals surface area contributed by atoms with Gasteiger partial charge in [0.15, 0.2) is 0 Å². The molecule has 148 valence electrons. The van der Waals surface area contributed by atoms with Crippen molar-refractivity contribution in [2.24, 2.45) is 0 Å². The monoisotopic (exact) mass is 410 g/mol. The van der Waals surface area contributed by atoms with Gasteiger partial charge in [-0.15, -0.1) is 11.3 Å². The first-order chi connectivity index (χ1) is 14.0. The summed E-state index contributed by atoms with van der Waals surface area (Å²) < 4.78 is 18.6. The molecule has 0 radical (unpaired) electrons. The highest BCUT2D eigenvalue weighted by atomic mass is 32.1. The lowest BCUT2D eigenvalue weighted by Crippen LogP contribution is -2.23. The molecule has 5 nitrogen and oxygen atoms in total. The van der Waals surface area contributed by atoms with E-state index in [0.717, 1.165) is 16.7 Å². The lowest BCUT2D eigenvalue weighted by Gasteiger charge is -2.25. The maximum Gasteiger partial charge on any atom is 0.266 e. The van der Waals surface area contributed by atoms with Crippen LogP contribution in [0.5, 0.6) is 5.75 Å². The molecule has 7 heteroatoms. The van der Waals surface area contributed by atoms with E-state index >= 15 is 0 Å². The molecular formula is C22H19FN2O3S. The Morgan fingerprint density at radius 2 is 1.93 bits per heavy atom. The van der Waals surface area contributed by atoms with E-state index in [0.29, 0.717) is 21.3 Å². The smallest absolute Gasteiger partial charge is 0.266 e. The SMILES string of the molecule is COc1ccccc1[C@H]1CC(=O)Nc2sc(C(=O)Nc3ccc(F)cc3)c(C)c21. The number of thiophene rings is 1. The van der Waals surface area contributed by atoms with Gasteiger partial charge in [0.25, 0.3) is 5.91 Å². The fourth-order valence-corrected chi connectivity index (χ4v) is 4.84. The van der Waals surface area contributed by atoms with E-state index in [4.69, 9.17) is 4.74 Å². The van der Waals surface area contributed by atoms with Crippen LogP contribution in [-0.2, 0) is 4.79 Å². The van der Waals surface area contributed by atoms with Crippen LogP contribution in [0, 0.1) is 12.7 Å². The Morgan fingerprint density at radius 3 is 2.66 bits per heavy atom. The van der Waals surface area contributed by atoms with Crippen molar-refractivity contribution >= 4 is 33.8 Å². The molecule has 3 aromatic rings. The first kappa shape index (κ1) is 19.1. The van der Waals surface area contributed by atoms with Crippen molar-refractivity contribution < 1.29 is 18.7 Å². The second kappa shape index (κ2) is 7.67. The summed E-state index contributed by atoms with van der Waals surface area (Å²) in [6, 6.07) is 13.2. The van der Waals surface area contributed by atoms with Gasteiger partial charge in [-0.3, -0.25) is 9.59 Å². The highest BCUT2D eigenvalue weighted by Gasteiger charge is 2.34. The van der Waals surface area contributed by atoms with Crippen molar-refractivity contribution in [2.75, 3.05) is 17.7 Å². The Kier molecular flexibility index (Phi) is 5.07. The number of ether oxygens (including phenoxy) is 1. The lowest BCUT2D eigenvalue weighted by molar-refractivity contribution is -0.116. The highest BCUT2D eigenvalue weighted by Crippen LogP contribution is 2.47. The summed E-state index contributed by atoms with van der Waals surface area (Å²) in [7, 11) is 1.60. The first-order valence-electron chi connectivity index (χ1n) is 9.11. The molecule has 0 unspecified atom stereocenters. The number of methoxy groups -OCH3 is 1. The second-order valence-corrected chi connectivity index (χ2v) is 7.83. The number of fused-ring (bicyclic) bond motifs is 1. The number of carbonyl (C=O) groups is 2. The molecule has 2 amide bonds. The standard InChI is InChI=1S/C22H19FN2O3S/c1-12-19-16(15-5-3-4-6-17(15)28-2)11-18(26)25-22(19)29-20(12)21(27)24-14-9-7-13(23)8-10-14/h3-10,16H,11H2,1-2H3,(H,24,27)(H,25,26)/t16-/m1/s1. The number of anilines is 2. The minimum absolute atomic E-state index is 0.0971. The summed E-state index contributed by atoms with van der Waals surface area (Å²) in [5.41, 5.74) is 3.17. The van der Waals surface area contributed by atoms with E-state index in [1.807, 2.05) is 31.2 Å². The zero-order valence-electron chi connectivity index (χ0n) is 15.9. The number of benzene rings is 2. The normalized spacial score (nSPS) is 15.4. The summed E-state index contributed by atoms with van der Waals surface area (Å²) in [5.74, 6) is -0.241. The molecule has 2 heterocycles. The quantitative estimate of drug-likeness (QED) is 0.641. The van der Waals surface area contributed by atoms with Crippen LogP contribution >= 0.6 is 11.3 Å². The van der Waals surface area contributed by atoms with Crippen LogP contribution in [0.1, 0.15) is 38.7 Å². The van der Waals surface area contributed by atoms with Gasteiger partial charge in [0.05, 0.1) is 17.0 Å². The average Bonchev–Trinajstić information content (AvgIpc) is 3.05. The largest absolute Gasteiger partial charge is 0.496 e. The Bertz CT molecular complexity index is 1090. The van der Waals surface area contributed by atoms with Crippen molar-refractivity contribution in [3.63, 3.8) is 0 Å². The average molecular weight is 410 g/mol. The van der Waals surface area contributed by atoms with Crippen LogP contribution in [0.25, 0.3) is 0 Å². The molecule has 2 aromatic carbocycles. The first-order valence-corrected chi connectivity index (χ1v) is 9.92. The fraction of sp³-hybridized carbons (Fsp3) is 0.182. The zero-order valence-corrected chi connectivity index (χ0v) is 16.7. The predicted octanol–water partition coefficient (Wildman–Crippen LogP) is 4.93. The van der Waals surface area contributed by atoms with E-state index in [2.05, 4.69) is 10.6 Å². The summed E-state index contributed by atoms with van der Waals surface area (Å²) >= 11 is 1.25. The Hall–Kier alpha value is -3.19. The molecule has 0 spiro atoms. The number of nitrogens with one attached hydrogen (secondary N) is 2. The number of amides is 2. The van der Waals surface area contributed by atoms with Gasteiger partial charge in [0, 0.05) is 23.6 Å². The summed E-state index contributed by atoms with van der Waals surface area (Å²) in [6.07, 6.45) is 0.282. The zero-order chi connectivity index (χ0) is 20.5. The maximum atomic E-state index is 13.1. The Morgan fingerprint density at radius 1 is 1.21 bits per heavy atom. The summed E-state index contributed by atoms with van der Waals surface area (Å²) in [6.45, 7) is 1.88. The fourth-order valence-electron chi connectivity index (χ4n) is 3.66. The van der Waals surface area contributed by atoms with Crippen LogP contribution in [0.15, 0.2) is 48.5 Å². The predicted molar refractivity (Wildman–Crippen MR) is 111 cm³/mol. The molecule has 0 saturated heterocycles. The molecule has 1 aliphatic rings. The van der Waals surface area contributed by atoms with E-state index in [-0.39, 0.29) is 30.0 Å². The van der Waals surface area contributed by atoms with Gasteiger partial charge < -0.3 is 15.4 Å². The van der Waals surface area contributed by atoms with Crippen LogP contribution in [0.4, 0.5) is 15.1 Å². The molecule has 4 rings (SSSR count). The van der Waals surface area contributed by atoms with Crippen LogP contribution < -0.4 is 15.4 Å². The number of hydrogen-bond acceptors (Lipinski definition) is 4. The molecule has 1 atom stereocenters. The third kappa shape index (κ3) is 3.61. The number of carbonyl (C=O) groups excluding carboxylic acids is 2. The van der Waals surface area contributed by atoms with Gasteiger partial charge in [-0.1, -0.05) is 18.2 Å². The highest BCUT2D eigenvalue weighted by molar-refractivity contribution is 7.18.